The van der Waals surface area contributed by atoms with E-state index in [-0.39, 0.29) is 18.3 Å². The van der Waals surface area contributed by atoms with E-state index in [9.17, 15) is 13.2 Å². The molecule has 0 radical (unpaired) electrons. The van der Waals surface area contributed by atoms with E-state index in [1.807, 2.05) is 6.07 Å². The van der Waals surface area contributed by atoms with Gasteiger partial charge in [0.05, 0.1) is 6.54 Å². The number of imidazole rings is 1. The van der Waals surface area contributed by atoms with Crippen LogP contribution in [-0.4, -0.2) is 38.6 Å². The molecule has 10 heteroatoms. The SMILES string of the molecule is CN(C)c1cc(C(F)(F)F)nc(NCc2nc3cccnc3n2C)n1. The fourth-order valence-electron chi connectivity index (χ4n) is 2.27. The van der Waals surface area contributed by atoms with E-state index in [1.165, 1.54) is 4.90 Å². The molecule has 1 N–H and O–H groups in total. The average Bonchev–Trinajstić information content (AvgIpc) is 2.88. The largest absolute Gasteiger partial charge is 0.433 e. The number of rotatable bonds is 4. The lowest BCUT2D eigenvalue weighted by Gasteiger charge is -2.15. The Bertz CT molecular complexity index is 902. The van der Waals surface area contributed by atoms with Crippen molar-refractivity contribution in [1.82, 2.24) is 24.5 Å². The standard InChI is InChI=1S/C15H16F3N7/c1-24(2)11-7-10(15(16,17)18)22-14(23-11)20-8-12-21-9-5-4-6-19-13(9)25(12)3/h4-7H,8H2,1-3H3,(H,20,22,23). The van der Waals surface area contributed by atoms with Crippen molar-refractivity contribution < 1.29 is 13.2 Å². The van der Waals surface area contributed by atoms with Crippen LogP contribution in [0.3, 0.4) is 0 Å². The number of alkyl halides is 3. The van der Waals surface area contributed by atoms with Gasteiger partial charge >= 0.3 is 6.18 Å². The van der Waals surface area contributed by atoms with Crippen LogP contribution in [-0.2, 0) is 19.8 Å². The highest BCUT2D eigenvalue weighted by Gasteiger charge is 2.34. The Morgan fingerprint density at radius 3 is 2.60 bits per heavy atom. The van der Waals surface area contributed by atoms with E-state index in [0.717, 1.165) is 6.07 Å². The first-order valence-corrected chi connectivity index (χ1v) is 7.39. The van der Waals surface area contributed by atoms with E-state index in [1.54, 1.807) is 38.0 Å². The predicted octanol–water partition coefficient (Wildman–Crippen LogP) is 2.46. The quantitative estimate of drug-likeness (QED) is 0.779. The van der Waals surface area contributed by atoms with Crippen molar-refractivity contribution in [2.24, 2.45) is 7.05 Å². The zero-order valence-corrected chi connectivity index (χ0v) is 13.8. The van der Waals surface area contributed by atoms with Crippen molar-refractivity contribution in [2.75, 3.05) is 24.3 Å². The van der Waals surface area contributed by atoms with Crippen LogP contribution in [0.25, 0.3) is 11.2 Å². The number of pyridine rings is 1. The summed E-state index contributed by atoms with van der Waals surface area (Å²) in [6.07, 6.45) is -2.90. The molecule has 3 rings (SSSR count). The molecule has 3 aromatic rings. The maximum absolute atomic E-state index is 13.0. The molecule has 0 spiro atoms. The highest BCUT2D eigenvalue weighted by molar-refractivity contribution is 5.71. The predicted molar refractivity (Wildman–Crippen MR) is 87.2 cm³/mol. The van der Waals surface area contributed by atoms with Crippen LogP contribution in [0.15, 0.2) is 24.4 Å². The third kappa shape index (κ3) is 3.47. The Morgan fingerprint density at radius 2 is 1.96 bits per heavy atom. The second kappa shape index (κ2) is 6.19. The first kappa shape index (κ1) is 16.9. The summed E-state index contributed by atoms with van der Waals surface area (Å²) in [4.78, 5) is 17.8. The van der Waals surface area contributed by atoms with Crippen LogP contribution in [0.2, 0.25) is 0 Å². The van der Waals surface area contributed by atoms with E-state index in [2.05, 4.69) is 25.3 Å². The third-order valence-electron chi connectivity index (χ3n) is 3.59. The van der Waals surface area contributed by atoms with Gasteiger partial charge in [-0.1, -0.05) is 0 Å². The topological polar surface area (TPSA) is 71.8 Å². The molecule has 0 aliphatic rings. The number of hydrogen-bond donors (Lipinski definition) is 1. The highest BCUT2D eigenvalue weighted by atomic mass is 19.4. The molecular formula is C15H16F3N7. The molecule has 0 atom stereocenters. The number of aromatic nitrogens is 5. The van der Waals surface area contributed by atoms with Gasteiger partial charge < -0.3 is 14.8 Å². The number of fused-ring (bicyclic) bond motifs is 1. The van der Waals surface area contributed by atoms with Crippen molar-refractivity contribution in [3.05, 3.63) is 35.9 Å². The Labute approximate surface area is 141 Å². The molecule has 7 nitrogen and oxygen atoms in total. The van der Waals surface area contributed by atoms with Crippen LogP contribution >= 0.6 is 0 Å². The van der Waals surface area contributed by atoms with Crippen molar-refractivity contribution in [1.29, 1.82) is 0 Å². The Balaban J connectivity index is 1.89. The van der Waals surface area contributed by atoms with Crippen LogP contribution in [0.5, 0.6) is 0 Å². The molecule has 3 heterocycles. The van der Waals surface area contributed by atoms with Crippen molar-refractivity contribution in [2.45, 2.75) is 12.7 Å². The minimum absolute atomic E-state index is 0.112. The van der Waals surface area contributed by atoms with Gasteiger partial charge in [0.1, 0.15) is 17.2 Å². The second-order valence-corrected chi connectivity index (χ2v) is 5.61. The van der Waals surface area contributed by atoms with Gasteiger partial charge in [-0.3, -0.25) is 0 Å². The summed E-state index contributed by atoms with van der Waals surface area (Å²) in [5.74, 6) is 0.663. The van der Waals surface area contributed by atoms with Crippen LogP contribution in [0.4, 0.5) is 24.9 Å². The van der Waals surface area contributed by atoms with Gasteiger partial charge in [0.15, 0.2) is 11.3 Å². The number of aryl methyl sites for hydroxylation is 1. The molecule has 0 saturated carbocycles. The van der Waals surface area contributed by atoms with Gasteiger partial charge in [0.2, 0.25) is 5.95 Å². The second-order valence-electron chi connectivity index (χ2n) is 5.61. The van der Waals surface area contributed by atoms with Gasteiger partial charge in [-0.2, -0.15) is 18.2 Å². The Hall–Kier alpha value is -2.91. The number of anilines is 2. The van der Waals surface area contributed by atoms with E-state index < -0.39 is 11.9 Å². The van der Waals surface area contributed by atoms with E-state index in [0.29, 0.717) is 17.0 Å². The fourth-order valence-corrected chi connectivity index (χ4v) is 2.27. The first-order valence-electron chi connectivity index (χ1n) is 7.39. The van der Waals surface area contributed by atoms with Gasteiger partial charge in [0.25, 0.3) is 0 Å². The normalized spacial score (nSPS) is 11.8. The lowest BCUT2D eigenvalue weighted by atomic mass is 10.3. The lowest BCUT2D eigenvalue weighted by Crippen LogP contribution is -2.18. The van der Waals surface area contributed by atoms with Crippen molar-refractivity contribution in [3.63, 3.8) is 0 Å². The van der Waals surface area contributed by atoms with E-state index in [4.69, 9.17) is 0 Å². The van der Waals surface area contributed by atoms with Gasteiger partial charge in [0, 0.05) is 33.4 Å². The summed E-state index contributed by atoms with van der Waals surface area (Å²) < 4.78 is 40.8. The summed E-state index contributed by atoms with van der Waals surface area (Å²) in [5, 5.41) is 2.81. The fraction of sp³-hybridized carbons (Fsp3) is 0.333. The molecule has 132 valence electrons. The van der Waals surface area contributed by atoms with Crippen LogP contribution in [0.1, 0.15) is 11.5 Å². The average molecular weight is 351 g/mol. The number of nitrogens with zero attached hydrogens (tertiary/aromatic N) is 6. The van der Waals surface area contributed by atoms with Crippen LogP contribution < -0.4 is 10.2 Å². The smallest absolute Gasteiger partial charge is 0.363 e. The van der Waals surface area contributed by atoms with Crippen LogP contribution in [0, 0.1) is 0 Å². The zero-order valence-electron chi connectivity index (χ0n) is 13.8. The van der Waals surface area contributed by atoms with Gasteiger partial charge in [-0.05, 0) is 12.1 Å². The summed E-state index contributed by atoms with van der Waals surface area (Å²) in [6.45, 7) is 0.168. The zero-order chi connectivity index (χ0) is 18.2. The highest BCUT2D eigenvalue weighted by Crippen LogP contribution is 2.30. The molecular weight excluding hydrogens is 335 g/mol. The van der Waals surface area contributed by atoms with Gasteiger partial charge in [-0.25, -0.2) is 15.0 Å². The molecule has 0 bridgehead atoms. The number of hydrogen-bond acceptors (Lipinski definition) is 6. The molecule has 0 aromatic carbocycles. The summed E-state index contributed by atoms with van der Waals surface area (Å²) >= 11 is 0. The maximum atomic E-state index is 13.0. The maximum Gasteiger partial charge on any atom is 0.433 e. The molecule has 0 aliphatic heterocycles. The molecule has 0 amide bonds. The number of halogens is 3. The molecule has 0 unspecified atom stereocenters. The molecule has 0 fully saturated rings. The summed E-state index contributed by atoms with van der Waals surface area (Å²) in [6, 6.07) is 4.49. The molecule has 25 heavy (non-hydrogen) atoms. The Morgan fingerprint density at radius 1 is 1.20 bits per heavy atom. The first-order chi connectivity index (χ1) is 11.8. The molecule has 0 aliphatic carbocycles. The Kier molecular flexibility index (Phi) is 4.19. The van der Waals surface area contributed by atoms with E-state index >= 15 is 0 Å². The molecule has 3 aromatic heterocycles. The van der Waals surface area contributed by atoms with Crippen molar-refractivity contribution >= 4 is 22.9 Å². The van der Waals surface area contributed by atoms with Gasteiger partial charge in [-0.15, -0.1) is 0 Å². The monoisotopic (exact) mass is 351 g/mol. The summed E-state index contributed by atoms with van der Waals surface area (Å²) in [7, 11) is 5.02. The number of nitrogens with one attached hydrogen (secondary N) is 1. The molecule has 0 saturated heterocycles. The minimum Gasteiger partial charge on any atom is -0.363 e. The minimum atomic E-state index is -4.55. The lowest BCUT2D eigenvalue weighted by molar-refractivity contribution is -0.141. The summed E-state index contributed by atoms with van der Waals surface area (Å²) in [5.41, 5.74) is 0.402. The third-order valence-corrected chi connectivity index (χ3v) is 3.59. The van der Waals surface area contributed by atoms with Crippen molar-refractivity contribution in [3.8, 4) is 0 Å².